The lowest BCUT2D eigenvalue weighted by molar-refractivity contribution is -0.122. The number of nitrogens with one attached hydrogen (secondary N) is 1. The molecule has 1 amide bonds. The van der Waals surface area contributed by atoms with Crippen molar-refractivity contribution in [3.8, 4) is 0 Å². The molecule has 0 fully saturated rings. The minimum Gasteiger partial charge on any atom is -0.408 e. The second-order valence-corrected chi connectivity index (χ2v) is 6.71. The quantitative estimate of drug-likeness (QED) is 0.716. The molecule has 1 unspecified atom stereocenters. The van der Waals surface area contributed by atoms with Crippen LogP contribution < -0.4 is 11.1 Å². The molecule has 3 aromatic rings. The lowest BCUT2D eigenvalue weighted by atomic mass is 10.1. The highest BCUT2D eigenvalue weighted by molar-refractivity contribution is 7.10. The Morgan fingerprint density at radius 3 is 2.88 bits per heavy atom. The van der Waals surface area contributed by atoms with E-state index in [2.05, 4.69) is 5.32 Å². The third kappa shape index (κ3) is 3.42. The van der Waals surface area contributed by atoms with Gasteiger partial charge in [0.05, 0.1) is 12.1 Å². The van der Waals surface area contributed by atoms with E-state index in [1.807, 2.05) is 23.6 Å². The van der Waals surface area contributed by atoms with Crippen LogP contribution in [0.25, 0.3) is 11.1 Å². The molecule has 7 heteroatoms. The van der Waals surface area contributed by atoms with Crippen LogP contribution in [-0.4, -0.2) is 22.1 Å². The number of hydrogen-bond donors (Lipinski definition) is 2. The first kappa shape index (κ1) is 16.5. The number of hydrogen-bond acceptors (Lipinski definition) is 5. The van der Waals surface area contributed by atoms with E-state index in [9.17, 15) is 14.7 Å². The van der Waals surface area contributed by atoms with Gasteiger partial charge in [0.1, 0.15) is 5.60 Å². The average molecular weight is 346 g/mol. The molecule has 0 aliphatic carbocycles. The van der Waals surface area contributed by atoms with Crippen LogP contribution in [-0.2, 0) is 16.9 Å². The van der Waals surface area contributed by atoms with Gasteiger partial charge in [-0.15, -0.1) is 11.3 Å². The molecular weight excluding hydrogens is 328 g/mol. The lowest BCUT2D eigenvalue weighted by Gasteiger charge is -2.22. The summed E-state index contributed by atoms with van der Waals surface area (Å²) < 4.78 is 6.57. The van der Waals surface area contributed by atoms with Gasteiger partial charge < -0.3 is 14.8 Å². The summed E-state index contributed by atoms with van der Waals surface area (Å²) in [5.41, 5.74) is 0.0626. The summed E-state index contributed by atoms with van der Waals surface area (Å²) in [6.07, 6.45) is 0.129. The number of nitrogens with zero attached hydrogens (tertiary/aromatic N) is 1. The molecule has 0 aliphatic rings. The van der Waals surface area contributed by atoms with Gasteiger partial charge >= 0.3 is 5.76 Å². The minimum absolute atomic E-state index is 0.118. The predicted molar refractivity (Wildman–Crippen MR) is 92.0 cm³/mol. The van der Waals surface area contributed by atoms with Crippen LogP contribution in [0.4, 0.5) is 0 Å². The average Bonchev–Trinajstić information content (AvgIpc) is 3.19. The summed E-state index contributed by atoms with van der Waals surface area (Å²) in [6, 6.07) is 10.8. The number of carbonyl (C=O) groups is 1. The zero-order valence-electron chi connectivity index (χ0n) is 13.2. The summed E-state index contributed by atoms with van der Waals surface area (Å²) in [6.45, 7) is 2.00. The Morgan fingerprint density at radius 2 is 2.12 bits per heavy atom. The Kier molecular flexibility index (Phi) is 4.55. The van der Waals surface area contributed by atoms with Crippen LogP contribution in [0, 0.1) is 0 Å². The molecule has 0 radical (unpaired) electrons. The van der Waals surface area contributed by atoms with E-state index in [0.29, 0.717) is 11.1 Å². The third-order valence-corrected chi connectivity index (χ3v) is 4.94. The molecule has 0 aliphatic heterocycles. The molecule has 0 saturated carbocycles. The van der Waals surface area contributed by atoms with E-state index in [4.69, 9.17) is 4.42 Å². The van der Waals surface area contributed by atoms with Gasteiger partial charge in [0.2, 0.25) is 5.91 Å². The molecule has 0 saturated heterocycles. The first-order chi connectivity index (χ1) is 11.5. The summed E-state index contributed by atoms with van der Waals surface area (Å²) in [5.74, 6) is -0.710. The van der Waals surface area contributed by atoms with Gasteiger partial charge in [-0.1, -0.05) is 18.2 Å². The highest BCUT2D eigenvalue weighted by atomic mass is 32.1. The van der Waals surface area contributed by atoms with Crippen LogP contribution in [0.3, 0.4) is 0 Å². The summed E-state index contributed by atoms with van der Waals surface area (Å²) in [7, 11) is 0. The predicted octanol–water partition coefficient (Wildman–Crippen LogP) is 2.07. The molecule has 1 atom stereocenters. The maximum absolute atomic E-state index is 12.0. The van der Waals surface area contributed by atoms with Crippen LogP contribution in [0.15, 0.2) is 51.0 Å². The standard InChI is InChI=1S/C17H18N2O4S/c1-17(22,14-7-4-10-24-14)11-18-15(20)8-9-19-12-5-2-3-6-13(12)23-16(19)21/h2-7,10,22H,8-9,11H2,1H3,(H,18,20). The fourth-order valence-electron chi connectivity index (χ4n) is 2.47. The van der Waals surface area contributed by atoms with Crippen LogP contribution in [0.1, 0.15) is 18.2 Å². The summed E-state index contributed by atoms with van der Waals surface area (Å²) in [5, 5.41) is 15.0. The van der Waals surface area contributed by atoms with Crippen molar-refractivity contribution in [1.82, 2.24) is 9.88 Å². The minimum atomic E-state index is -1.11. The fraction of sp³-hybridized carbons (Fsp3) is 0.294. The molecule has 2 aromatic heterocycles. The Balaban J connectivity index is 1.59. The van der Waals surface area contributed by atoms with Crippen molar-refractivity contribution in [2.45, 2.75) is 25.5 Å². The normalized spacial score (nSPS) is 13.8. The van der Waals surface area contributed by atoms with Gasteiger partial charge in [0.25, 0.3) is 0 Å². The van der Waals surface area contributed by atoms with Crippen molar-refractivity contribution in [2.75, 3.05) is 6.54 Å². The third-order valence-electron chi connectivity index (χ3n) is 3.82. The molecular formula is C17H18N2O4S. The smallest absolute Gasteiger partial charge is 0.408 e. The van der Waals surface area contributed by atoms with E-state index in [-0.39, 0.29) is 25.4 Å². The van der Waals surface area contributed by atoms with Crippen molar-refractivity contribution in [3.05, 3.63) is 57.2 Å². The van der Waals surface area contributed by atoms with Gasteiger partial charge in [-0.05, 0) is 30.5 Å². The number of oxazole rings is 1. The topological polar surface area (TPSA) is 84.5 Å². The number of carbonyl (C=O) groups excluding carboxylic acids is 1. The Morgan fingerprint density at radius 1 is 1.33 bits per heavy atom. The van der Waals surface area contributed by atoms with E-state index in [1.54, 1.807) is 25.1 Å². The Labute approximate surface area is 142 Å². The monoisotopic (exact) mass is 346 g/mol. The maximum Gasteiger partial charge on any atom is 0.419 e. The molecule has 24 heavy (non-hydrogen) atoms. The second-order valence-electron chi connectivity index (χ2n) is 5.77. The highest BCUT2D eigenvalue weighted by Crippen LogP contribution is 2.24. The molecule has 126 valence electrons. The number of benzene rings is 1. The maximum atomic E-state index is 12.0. The molecule has 2 heterocycles. The van der Waals surface area contributed by atoms with E-state index < -0.39 is 11.4 Å². The Hall–Kier alpha value is -2.38. The van der Waals surface area contributed by atoms with E-state index >= 15 is 0 Å². The van der Waals surface area contributed by atoms with Crippen molar-refractivity contribution >= 4 is 28.3 Å². The largest absolute Gasteiger partial charge is 0.419 e. The van der Waals surface area contributed by atoms with Gasteiger partial charge in [-0.25, -0.2) is 4.79 Å². The Bertz CT molecular complexity index is 893. The highest BCUT2D eigenvalue weighted by Gasteiger charge is 2.24. The molecule has 0 bridgehead atoms. The molecule has 3 rings (SSSR count). The van der Waals surface area contributed by atoms with E-state index in [1.165, 1.54) is 15.9 Å². The summed E-state index contributed by atoms with van der Waals surface area (Å²) in [4.78, 5) is 24.7. The summed E-state index contributed by atoms with van der Waals surface area (Å²) >= 11 is 1.44. The van der Waals surface area contributed by atoms with Crippen molar-refractivity contribution < 1.29 is 14.3 Å². The SMILES string of the molecule is CC(O)(CNC(=O)CCn1c(=O)oc2ccccc21)c1cccs1. The van der Waals surface area contributed by atoms with Crippen LogP contribution >= 0.6 is 11.3 Å². The number of thiophene rings is 1. The number of aromatic nitrogens is 1. The number of amides is 1. The number of aryl methyl sites for hydroxylation is 1. The molecule has 1 aromatic carbocycles. The van der Waals surface area contributed by atoms with Gasteiger partial charge in [-0.3, -0.25) is 9.36 Å². The number of para-hydroxylation sites is 2. The van der Waals surface area contributed by atoms with Gasteiger partial charge in [0.15, 0.2) is 5.58 Å². The number of rotatable bonds is 6. The van der Waals surface area contributed by atoms with Crippen molar-refractivity contribution in [2.24, 2.45) is 0 Å². The first-order valence-corrected chi connectivity index (χ1v) is 8.47. The van der Waals surface area contributed by atoms with Crippen LogP contribution in [0.5, 0.6) is 0 Å². The van der Waals surface area contributed by atoms with Gasteiger partial charge in [-0.2, -0.15) is 0 Å². The number of fused-ring (bicyclic) bond motifs is 1. The second kappa shape index (κ2) is 6.62. The fourth-order valence-corrected chi connectivity index (χ4v) is 3.26. The first-order valence-electron chi connectivity index (χ1n) is 7.59. The van der Waals surface area contributed by atoms with E-state index in [0.717, 1.165) is 4.88 Å². The zero-order valence-corrected chi connectivity index (χ0v) is 14.0. The zero-order chi connectivity index (χ0) is 17.2. The molecule has 0 spiro atoms. The van der Waals surface area contributed by atoms with Crippen molar-refractivity contribution in [3.63, 3.8) is 0 Å². The molecule has 6 nitrogen and oxygen atoms in total. The van der Waals surface area contributed by atoms with Crippen molar-refractivity contribution in [1.29, 1.82) is 0 Å². The lowest BCUT2D eigenvalue weighted by Crippen LogP contribution is -2.38. The number of aliphatic hydroxyl groups is 1. The van der Waals surface area contributed by atoms with Gasteiger partial charge in [0, 0.05) is 17.8 Å². The van der Waals surface area contributed by atoms with Crippen LogP contribution in [0.2, 0.25) is 0 Å². The molecule has 2 N–H and O–H groups in total.